The maximum absolute atomic E-state index is 12.6. The summed E-state index contributed by atoms with van der Waals surface area (Å²) in [6.45, 7) is 0.321. The highest BCUT2D eigenvalue weighted by molar-refractivity contribution is 7.92. The Morgan fingerprint density at radius 1 is 1.07 bits per heavy atom. The number of carbonyl (C=O) groups is 1. The smallest absolute Gasteiger partial charge is 0.262 e. The third-order valence-corrected chi connectivity index (χ3v) is 5.46. The molecule has 0 fully saturated rings. The molecule has 0 aliphatic carbocycles. The minimum absolute atomic E-state index is 0.0450. The Hall–Kier alpha value is -3.26. The topological polar surface area (TPSA) is 88.8 Å². The number of benzene rings is 2. The van der Waals surface area contributed by atoms with Crippen LogP contribution < -0.4 is 9.46 Å². The van der Waals surface area contributed by atoms with Crippen LogP contribution >= 0.6 is 0 Å². The molecule has 0 atom stereocenters. The first-order valence-electron chi connectivity index (χ1n) is 8.44. The van der Waals surface area contributed by atoms with Crippen molar-refractivity contribution in [3.05, 3.63) is 78.3 Å². The van der Waals surface area contributed by atoms with E-state index in [4.69, 9.17) is 9.15 Å². The van der Waals surface area contributed by atoms with Gasteiger partial charge >= 0.3 is 0 Å². The van der Waals surface area contributed by atoms with Gasteiger partial charge in [0.1, 0.15) is 11.5 Å². The second-order valence-corrected chi connectivity index (χ2v) is 7.75. The van der Waals surface area contributed by atoms with Crippen molar-refractivity contribution < 1.29 is 22.4 Å². The van der Waals surface area contributed by atoms with Crippen molar-refractivity contribution in [2.24, 2.45) is 0 Å². The van der Waals surface area contributed by atoms with E-state index >= 15 is 0 Å². The number of hydrogen-bond acceptors (Lipinski definition) is 5. The molecule has 146 valence electrons. The summed E-state index contributed by atoms with van der Waals surface area (Å²) in [4.78, 5) is 14.0. The van der Waals surface area contributed by atoms with Crippen molar-refractivity contribution in [2.75, 3.05) is 18.9 Å². The number of amides is 1. The molecule has 1 amide bonds. The van der Waals surface area contributed by atoms with E-state index in [9.17, 15) is 13.2 Å². The molecule has 0 aliphatic heterocycles. The van der Waals surface area contributed by atoms with Crippen LogP contribution in [0.15, 0.2) is 76.2 Å². The molecule has 2 aromatic carbocycles. The van der Waals surface area contributed by atoms with E-state index in [1.807, 2.05) is 0 Å². The van der Waals surface area contributed by atoms with Crippen molar-refractivity contribution in [3.63, 3.8) is 0 Å². The average Bonchev–Trinajstić information content (AvgIpc) is 3.20. The molecule has 0 unspecified atom stereocenters. The number of para-hydroxylation sites is 2. The molecule has 8 heteroatoms. The Morgan fingerprint density at radius 2 is 1.79 bits per heavy atom. The van der Waals surface area contributed by atoms with Gasteiger partial charge in [-0.2, -0.15) is 0 Å². The number of hydrogen-bond donors (Lipinski definition) is 1. The number of carbonyl (C=O) groups excluding carboxylic acids is 1. The number of furan rings is 1. The summed E-state index contributed by atoms with van der Waals surface area (Å²) in [7, 11) is -0.703. The average molecular weight is 400 g/mol. The highest BCUT2D eigenvalue weighted by Gasteiger charge is 2.18. The van der Waals surface area contributed by atoms with E-state index in [1.54, 1.807) is 49.7 Å². The fourth-order valence-corrected chi connectivity index (χ4v) is 3.71. The molecule has 1 aromatic heterocycles. The monoisotopic (exact) mass is 400 g/mol. The van der Waals surface area contributed by atoms with E-state index in [2.05, 4.69) is 4.72 Å². The van der Waals surface area contributed by atoms with E-state index < -0.39 is 10.0 Å². The lowest BCUT2D eigenvalue weighted by Crippen LogP contribution is -2.26. The van der Waals surface area contributed by atoms with E-state index in [1.165, 1.54) is 36.3 Å². The first kappa shape index (κ1) is 19.5. The lowest BCUT2D eigenvalue weighted by molar-refractivity contribution is 0.0775. The van der Waals surface area contributed by atoms with Gasteiger partial charge in [-0.05, 0) is 48.5 Å². The Morgan fingerprint density at radius 3 is 2.43 bits per heavy atom. The maximum Gasteiger partial charge on any atom is 0.262 e. The van der Waals surface area contributed by atoms with Crippen LogP contribution in [0.2, 0.25) is 0 Å². The Balaban J connectivity index is 1.74. The summed E-state index contributed by atoms with van der Waals surface area (Å²) in [6, 6.07) is 16.0. The molecule has 3 aromatic rings. The molecule has 7 nitrogen and oxygen atoms in total. The molecule has 1 heterocycles. The van der Waals surface area contributed by atoms with Gasteiger partial charge in [0.25, 0.3) is 15.9 Å². The number of ether oxygens (including phenoxy) is 1. The van der Waals surface area contributed by atoms with Crippen LogP contribution in [0, 0.1) is 0 Å². The van der Waals surface area contributed by atoms with Crippen LogP contribution in [0.3, 0.4) is 0 Å². The Bertz CT molecular complexity index is 1040. The van der Waals surface area contributed by atoms with Gasteiger partial charge in [-0.25, -0.2) is 8.42 Å². The summed E-state index contributed by atoms with van der Waals surface area (Å²) < 4.78 is 38.1. The molecule has 0 bridgehead atoms. The third-order valence-electron chi connectivity index (χ3n) is 4.08. The largest absolute Gasteiger partial charge is 0.495 e. The molecule has 1 N–H and O–H groups in total. The third kappa shape index (κ3) is 4.34. The minimum atomic E-state index is -3.82. The van der Waals surface area contributed by atoms with Gasteiger partial charge in [0.15, 0.2) is 0 Å². The molecule has 0 saturated heterocycles. The quantitative estimate of drug-likeness (QED) is 0.657. The van der Waals surface area contributed by atoms with Crippen molar-refractivity contribution in [1.82, 2.24) is 4.90 Å². The highest BCUT2D eigenvalue weighted by atomic mass is 32.2. The van der Waals surface area contributed by atoms with Crippen LogP contribution in [-0.4, -0.2) is 33.4 Å². The summed E-state index contributed by atoms with van der Waals surface area (Å²) in [6.07, 6.45) is 1.54. The second-order valence-electron chi connectivity index (χ2n) is 6.07. The Labute approximate surface area is 163 Å². The molecule has 3 rings (SSSR count). The van der Waals surface area contributed by atoms with Gasteiger partial charge in [-0.15, -0.1) is 0 Å². The van der Waals surface area contributed by atoms with Crippen LogP contribution in [0.4, 0.5) is 5.69 Å². The van der Waals surface area contributed by atoms with E-state index in [-0.39, 0.29) is 10.8 Å². The molecule has 0 radical (unpaired) electrons. The van der Waals surface area contributed by atoms with Crippen molar-refractivity contribution in [2.45, 2.75) is 11.4 Å². The highest BCUT2D eigenvalue weighted by Crippen LogP contribution is 2.26. The summed E-state index contributed by atoms with van der Waals surface area (Å²) in [5.41, 5.74) is 0.716. The van der Waals surface area contributed by atoms with Crippen LogP contribution in [-0.2, 0) is 16.6 Å². The number of methoxy groups -OCH3 is 1. The number of nitrogens with zero attached hydrogens (tertiary/aromatic N) is 1. The zero-order valence-corrected chi connectivity index (χ0v) is 16.3. The standard InChI is InChI=1S/C20H20N2O5S/c1-22(14-16-6-5-13-27-16)20(23)15-9-11-17(12-10-15)28(24,25)21-18-7-3-4-8-19(18)26-2/h3-13,21H,14H2,1-2H3. The van der Waals surface area contributed by atoms with E-state index in [0.717, 1.165) is 0 Å². The lowest BCUT2D eigenvalue weighted by atomic mass is 10.2. The normalized spacial score (nSPS) is 11.1. The fourth-order valence-electron chi connectivity index (χ4n) is 2.64. The number of anilines is 1. The van der Waals surface area contributed by atoms with Crippen LogP contribution in [0.1, 0.15) is 16.1 Å². The van der Waals surface area contributed by atoms with Crippen molar-refractivity contribution in [3.8, 4) is 5.75 Å². The predicted molar refractivity (Wildman–Crippen MR) is 105 cm³/mol. The fraction of sp³-hybridized carbons (Fsp3) is 0.150. The molecule has 0 saturated carbocycles. The Kier molecular flexibility index (Phi) is 5.70. The second kappa shape index (κ2) is 8.18. The summed E-state index contributed by atoms with van der Waals surface area (Å²) >= 11 is 0. The molecule has 28 heavy (non-hydrogen) atoms. The summed E-state index contributed by atoms with van der Waals surface area (Å²) in [5, 5.41) is 0. The zero-order chi connectivity index (χ0) is 20.1. The van der Waals surface area contributed by atoms with Crippen molar-refractivity contribution >= 4 is 21.6 Å². The number of sulfonamides is 1. The first-order valence-corrected chi connectivity index (χ1v) is 9.93. The van der Waals surface area contributed by atoms with Crippen LogP contribution in [0.25, 0.3) is 0 Å². The van der Waals surface area contributed by atoms with Crippen molar-refractivity contribution in [1.29, 1.82) is 0 Å². The SMILES string of the molecule is COc1ccccc1NS(=O)(=O)c1ccc(C(=O)N(C)Cc2ccco2)cc1. The van der Waals surface area contributed by atoms with Gasteiger partial charge in [0.05, 0.1) is 30.5 Å². The van der Waals surface area contributed by atoms with Gasteiger partial charge < -0.3 is 14.1 Å². The maximum atomic E-state index is 12.6. The van der Waals surface area contributed by atoms with Gasteiger partial charge in [0.2, 0.25) is 0 Å². The van der Waals surface area contributed by atoms with Gasteiger partial charge in [-0.3, -0.25) is 9.52 Å². The molecule has 0 aliphatic rings. The molecular weight excluding hydrogens is 380 g/mol. The van der Waals surface area contributed by atoms with E-state index in [0.29, 0.717) is 29.3 Å². The number of rotatable bonds is 7. The lowest BCUT2D eigenvalue weighted by Gasteiger charge is -2.16. The zero-order valence-electron chi connectivity index (χ0n) is 15.5. The van der Waals surface area contributed by atoms with Gasteiger partial charge in [-0.1, -0.05) is 12.1 Å². The number of nitrogens with one attached hydrogen (secondary N) is 1. The first-order chi connectivity index (χ1) is 13.4. The predicted octanol–water partition coefficient (Wildman–Crippen LogP) is 3.36. The van der Waals surface area contributed by atoms with Crippen LogP contribution in [0.5, 0.6) is 5.75 Å². The van der Waals surface area contributed by atoms with Gasteiger partial charge in [0, 0.05) is 12.6 Å². The summed E-state index contributed by atoms with van der Waals surface area (Å²) in [5.74, 6) is 0.839. The minimum Gasteiger partial charge on any atom is -0.495 e. The molecular formula is C20H20N2O5S. The molecule has 0 spiro atoms.